The van der Waals surface area contributed by atoms with Crippen molar-refractivity contribution in [1.82, 2.24) is 5.32 Å². The molecule has 1 amide bonds. The highest BCUT2D eigenvalue weighted by molar-refractivity contribution is 5.77. The SMILES string of the molecule is CC(NC(=O)CC1CC(C=O)OC(C)(C)O1)c1ccccc1. The molecule has 5 nitrogen and oxygen atoms in total. The zero-order chi connectivity index (χ0) is 16.2. The van der Waals surface area contributed by atoms with Crippen molar-refractivity contribution >= 4 is 12.2 Å². The molecule has 1 heterocycles. The van der Waals surface area contributed by atoms with Crippen molar-refractivity contribution in [3.63, 3.8) is 0 Å². The predicted octanol–water partition coefficient (Wildman–Crippen LogP) is 2.36. The summed E-state index contributed by atoms with van der Waals surface area (Å²) in [6, 6.07) is 9.70. The molecule has 1 aromatic rings. The first-order valence-electron chi connectivity index (χ1n) is 7.55. The Labute approximate surface area is 131 Å². The molecule has 0 bridgehead atoms. The van der Waals surface area contributed by atoms with Crippen LogP contribution in [0.2, 0.25) is 0 Å². The number of aldehydes is 1. The molecule has 22 heavy (non-hydrogen) atoms. The van der Waals surface area contributed by atoms with Crippen LogP contribution in [0.5, 0.6) is 0 Å². The third kappa shape index (κ3) is 4.64. The van der Waals surface area contributed by atoms with Gasteiger partial charge in [-0.25, -0.2) is 0 Å². The van der Waals surface area contributed by atoms with Gasteiger partial charge in [0.05, 0.1) is 18.6 Å². The van der Waals surface area contributed by atoms with Crippen molar-refractivity contribution in [2.75, 3.05) is 0 Å². The number of ether oxygens (including phenoxy) is 2. The van der Waals surface area contributed by atoms with E-state index in [1.165, 1.54) is 0 Å². The molecule has 1 aromatic carbocycles. The van der Waals surface area contributed by atoms with Crippen LogP contribution < -0.4 is 5.32 Å². The van der Waals surface area contributed by atoms with E-state index in [1.54, 1.807) is 13.8 Å². The number of benzene rings is 1. The Balaban J connectivity index is 1.90. The minimum atomic E-state index is -0.847. The van der Waals surface area contributed by atoms with Gasteiger partial charge >= 0.3 is 0 Å². The average Bonchev–Trinajstić information content (AvgIpc) is 2.46. The summed E-state index contributed by atoms with van der Waals surface area (Å²) >= 11 is 0. The van der Waals surface area contributed by atoms with Crippen molar-refractivity contribution in [3.05, 3.63) is 35.9 Å². The minimum absolute atomic E-state index is 0.0663. The summed E-state index contributed by atoms with van der Waals surface area (Å²) in [5.74, 6) is -0.941. The Hall–Kier alpha value is -1.72. The van der Waals surface area contributed by atoms with Crippen LogP contribution >= 0.6 is 0 Å². The van der Waals surface area contributed by atoms with Crippen molar-refractivity contribution in [2.24, 2.45) is 0 Å². The normalized spacial score (nSPS) is 25.2. The molecule has 5 heteroatoms. The Morgan fingerprint density at radius 2 is 2.05 bits per heavy atom. The number of carbonyl (C=O) groups excluding carboxylic acids is 2. The van der Waals surface area contributed by atoms with E-state index in [-0.39, 0.29) is 24.5 Å². The highest BCUT2D eigenvalue weighted by Gasteiger charge is 2.36. The van der Waals surface area contributed by atoms with Crippen LogP contribution in [0.15, 0.2) is 30.3 Å². The van der Waals surface area contributed by atoms with E-state index >= 15 is 0 Å². The molecular formula is C17H23NO4. The number of rotatable bonds is 5. The van der Waals surface area contributed by atoms with Crippen LogP contribution in [-0.2, 0) is 19.1 Å². The Morgan fingerprint density at radius 1 is 1.36 bits per heavy atom. The molecule has 0 saturated carbocycles. The average molecular weight is 305 g/mol. The molecule has 1 saturated heterocycles. The lowest BCUT2D eigenvalue weighted by Crippen LogP contribution is -2.46. The number of amides is 1. The quantitative estimate of drug-likeness (QED) is 0.848. The standard InChI is InChI=1S/C17H23NO4/c1-12(13-7-5-4-6-8-13)18-16(20)10-14-9-15(11-19)22-17(2,3)21-14/h4-8,11-12,14-15H,9-10H2,1-3H3,(H,18,20). The van der Waals surface area contributed by atoms with E-state index in [0.29, 0.717) is 6.42 Å². The van der Waals surface area contributed by atoms with Gasteiger partial charge in [0.1, 0.15) is 12.4 Å². The van der Waals surface area contributed by atoms with Crippen molar-refractivity contribution in [2.45, 2.75) is 57.6 Å². The Morgan fingerprint density at radius 3 is 2.68 bits per heavy atom. The van der Waals surface area contributed by atoms with E-state index in [1.807, 2.05) is 37.3 Å². The lowest BCUT2D eigenvalue weighted by atomic mass is 10.0. The lowest BCUT2D eigenvalue weighted by Gasteiger charge is -2.38. The first-order valence-corrected chi connectivity index (χ1v) is 7.55. The van der Waals surface area contributed by atoms with Crippen molar-refractivity contribution < 1.29 is 19.1 Å². The zero-order valence-electron chi connectivity index (χ0n) is 13.2. The summed E-state index contributed by atoms with van der Waals surface area (Å²) in [4.78, 5) is 23.1. The van der Waals surface area contributed by atoms with E-state index in [4.69, 9.17) is 9.47 Å². The number of nitrogens with one attached hydrogen (secondary N) is 1. The van der Waals surface area contributed by atoms with Gasteiger partial charge in [-0.1, -0.05) is 30.3 Å². The molecule has 2 rings (SSSR count). The lowest BCUT2D eigenvalue weighted by molar-refractivity contribution is -0.290. The summed E-state index contributed by atoms with van der Waals surface area (Å²) < 4.78 is 11.2. The fraction of sp³-hybridized carbons (Fsp3) is 0.529. The second kappa shape index (κ2) is 7.03. The molecule has 0 radical (unpaired) electrons. The molecule has 3 unspecified atom stereocenters. The maximum atomic E-state index is 12.2. The van der Waals surface area contributed by atoms with Crippen LogP contribution in [0.25, 0.3) is 0 Å². The molecule has 1 N–H and O–H groups in total. The third-order valence-electron chi connectivity index (χ3n) is 3.62. The maximum absolute atomic E-state index is 12.2. The summed E-state index contributed by atoms with van der Waals surface area (Å²) in [6.07, 6.45) is 0.547. The van der Waals surface area contributed by atoms with Crippen LogP contribution in [0.3, 0.4) is 0 Å². The van der Waals surface area contributed by atoms with Crippen LogP contribution in [0, 0.1) is 0 Å². The molecular weight excluding hydrogens is 282 g/mol. The first-order chi connectivity index (χ1) is 10.4. The van der Waals surface area contributed by atoms with E-state index in [9.17, 15) is 9.59 Å². The number of hydrogen-bond donors (Lipinski definition) is 1. The number of hydrogen-bond acceptors (Lipinski definition) is 4. The van der Waals surface area contributed by atoms with Crippen LogP contribution in [-0.4, -0.2) is 30.2 Å². The largest absolute Gasteiger partial charge is 0.350 e. The van der Waals surface area contributed by atoms with Gasteiger partial charge in [0, 0.05) is 6.42 Å². The van der Waals surface area contributed by atoms with Gasteiger partial charge in [-0.15, -0.1) is 0 Å². The van der Waals surface area contributed by atoms with Crippen molar-refractivity contribution in [1.29, 1.82) is 0 Å². The van der Waals surface area contributed by atoms with Crippen LogP contribution in [0.1, 0.15) is 45.2 Å². The highest BCUT2D eigenvalue weighted by Crippen LogP contribution is 2.27. The van der Waals surface area contributed by atoms with E-state index in [2.05, 4.69) is 5.32 Å². The molecule has 1 aliphatic rings. The van der Waals surface area contributed by atoms with Gasteiger partial charge in [-0.05, 0) is 26.3 Å². The summed E-state index contributed by atoms with van der Waals surface area (Å²) in [7, 11) is 0. The maximum Gasteiger partial charge on any atom is 0.223 e. The smallest absolute Gasteiger partial charge is 0.223 e. The second-order valence-corrected chi connectivity index (χ2v) is 6.07. The van der Waals surface area contributed by atoms with Crippen LogP contribution in [0.4, 0.5) is 0 Å². The van der Waals surface area contributed by atoms with Gasteiger partial charge in [0.2, 0.25) is 5.91 Å². The van der Waals surface area contributed by atoms with E-state index in [0.717, 1.165) is 11.8 Å². The molecule has 1 fully saturated rings. The molecule has 0 spiro atoms. The topological polar surface area (TPSA) is 64.6 Å². The third-order valence-corrected chi connectivity index (χ3v) is 3.62. The monoisotopic (exact) mass is 305 g/mol. The van der Waals surface area contributed by atoms with Gasteiger partial charge in [0.25, 0.3) is 0 Å². The Bertz CT molecular complexity index is 515. The summed E-state index contributed by atoms with van der Waals surface area (Å²) in [6.45, 7) is 5.44. The second-order valence-electron chi connectivity index (χ2n) is 6.07. The molecule has 120 valence electrons. The fourth-order valence-electron chi connectivity index (χ4n) is 2.69. The summed E-state index contributed by atoms with van der Waals surface area (Å²) in [5.41, 5.74) is 1.05. The van der Waals surface area contributed by atoms with Gasteiger partial charge < -0.3 is 19.6 Å². The Kier molecular flexibility index (Phi) is 5.32. The highest BCUT2D eigenvalue weighted by atomic mass is 16.7. The fourth-order valence-corrected chi connectivity index (χ4v) is 2.69. The summed E-state index contributed by atoms with van der Waals surface area (Å²) in [5, 5.41) is 2.96. The molecule has 0 aliphatic carbocycles. The number of carbonyl (C=O) groups is 2. The van der Waals surface area contributed by atoms with Gasteiger partial charge in [0.15, 0.2) is 5.79 Å². The zero-order valence-corrected chi connectivity index (χ0v) is 13.2. The van der Waals surface area contributed by atoms with Gasteiger partial charge in [-0.2, -0.15) is 0 Å². The first kappa shape index (κ1) is 16.6. The molecule has 3 atom stereocenters. The van der Waals surface area contributed by atoms with Gasteiger partial charge in [-0.3, -0.25) is 4.79 Å². The van der Waals surface area contributed by atoms with Crippen molar-refractivity contribution in [3.8, 4) is 0 Å². The predicted molar refractivity (Wildman–Crippen MR) is 82.1 cm³/mol. The molecule has 0 aromatic heterocycles. The minimum Gasteiger partial charge on any atom is -0.350 e. The molecule has 1 aliphatic heterocycles. The van der Waals surface area contributed by atoms with E-state index < -0.39 is 11.9 Å².